The standard InChI is InChI=1S/C15H21NO4S/c1-11-5-4-6-13(9-11)20-12(2)14(17)16-15(3)7-8-21(18,19)10-15/h4-6,9,12H,7-8,10H2,1-3H3,(H,16,17)/t12-,15+/m1/s1. The van der Waals surface area contributed by atoms with Crippen LogP contribution < -0.4 is 10.1 Å². The largest absolute Gasteiger partial charge is 0.481 e. The molecule has 1 N–H and O–H groups in total. The topological polar surface area (TPSA) is 72.5 Å². The molecule has 1 aromatic carbocycles. The molecule has 1 amide bonds. The second kappa shape index (κ2) is 5.67. The van der Waals surface area contributed by atoms with Gasteiger partial charge < -0.3 is 10.1 Å². The van der Waals surface area contributed by atoms with Crippen molar-refractivity contribution in [1.29, 1.82) is 0 Å². The molecular weight excluding hydrogens is 290 g/mol. The van der Waals surface area contributed by atoms with Crippen molar-refractivity contribution >= 4 is 15.7 Å². The molecule has 1 aliphatic heterocycles. The van der Waals surface area contributed by atoms with E-state index in [-0.39, 0.29) is 17.4 Å². The Balaban J connectivity index is 1.97. The normalized spacial score (nSPS) is 25.3. The minimum absolute atomic E-state index is 0.0110. The predicted octanol–water partition coefficient (Wildman–Crippen LogP) is 1.46. The van der Waals surface area contributed by atoms with Crippen molar-refractivity contribution in [2.75, 3.05) is 11.5 Å². The molecule has 0 bridgehead atoms. The molecule has 2 rings (SSSR count). The van der Waals surface area contributed by atoms with Crippen LogP contribution in [-0.2, 0) is 14.6 Å². The Morgan fingerprint density at radius 1 is 1.43 bits per heavy atom. The molecule has 0 unspecified atom stereocenters. The Morgan fingerprint density at radius 3 is 2.71 bits per heavy atom. The maximum atomic E-state index is 12.2. The van der Waals surface area contributed by atoms with Crippen LogP contribution in [0.5, 0.6) is 5.75 Å². The molecule has 1 fully saturated rings. The summed E-state index contributed by atoms with van der Waals surface area (Å²) in [6, 6.07) is 7.45. The number of benzene rings is 1. The predicted molar refractivity (Wildman–Crippen MR) is 81.1 cm³/mol. The molecule has 0 saturated carbocycles. The van der Waals surface area contributed by atoms with Gasteiger partial charge in [0.25, 0.3) is 5.91 Å². The van der Waals surface area contributed by atoms with Crippen molar-refractivity contribution in [3.05, 3.63) is 29.8 Å². The van der Waals surface area contributed by atoms with Gasteiger partial charge in [-0.05, 0) is 44.9 Å². The summed E-state index contributed by atoms with van der Waals surface area (Å²) in [5.74, 6) is 0.442. The van der Waals surface area contributed by atoms with E-state index in [0.29, 0.717) is 12.2 Å². The molecule has 6 heteroatoms. The average molecular weight is 311 g/mol. The lowest BCUT2D eigenvalue weighted by Crippen LogP contribution is -2.51. The number of amides is 1. The fourth-order valence-corrected chi connectivity index (χ4v) is 4.55. The summed E-state index contributed by atoms with van der Waals surface area (Å²) in [4.78, 5) is 12.2. The zero-order chi connectivity index (χ0) is 15.7. The highest BCUT2D eigenvalue weighted by molar-refractivity contribution is 7.91. The number of hydrogen-bond acceptors (Lipinski definition) is 4. The van der Waals surface area contributed by atoms with Crippen LogP contribution >= 0.6 is 0 Å². The van der Waals surface area contributed by atoms with Crippen molar-refractivity contribution in [3.63, 3.8) is 0 Å². The van der Waals surface area contributed by atoms with Crippen molar-refractivity contribution in [2.24, 2.45) is 0 Å². The number of carbonyl (C=O) groups excluding carboxylic acids is 1. The molecule has 116 valence electrons. The van der Waals surface area contributed by atoms with E-state index in [1.807, 2.05) is 25.1 Å². The first kappa shape index (κ1) is 15.8. The van der Waals surface area contributed by atoms with Crippen LogP contribution in [0.25, 0.3) is 0 Å². The SMILES string of the molecule is Cc1cccc(O[C@H](C)C(=O)N[C@@]2(C)CCS(=O)(=O)C2)c1. The fraction of sp³-hybridized carbons (Fsp3) is 0.533. The van der Waals surface area contributed by atoms with E-state index in [1.54, 1.807) is 19.9 Å². The number of rotatable bonds is 4. The van der Waals surface area contributed by atoms with Crippen LogP contribution in [0.15, 0.2) is 24.3 Å². The maximum Gasteiger partial charge on any atom is 0.261 e. The van der Waals surface area contributed by atoms with Gasteiger partial charge in [0.05, 0.1) is 17.0 Å². The summed E-state index contributed by atoms with van der Waals surface area (Å²) in [5, 5.41) is 2.80. The van der Waals surface area contributed by atoms with Gasteiger partial charge in [0.1, 0.15) is 5.75 Å². The van der Waals surface area contributed by atoms with Crippen molar-refractivity contribution < 1.29 is 17.9 Å². The number of aryl methyl sites for hydroxylation is 1. The first-order chi connectivity index (χ1) is 9.69. The highest BCUT2D eigenvalue weighted by atomic mass is 32.2. The van der Waals surface area contributed by atoms with E-state index in [4.69, 9.17) is 4.74 Å². The van der Waals surface area contributed by atoms with Gasteiger partial charge in [0.2, 0.25) is 0 Å². The minimum atomic E-state index is -3.05. The molecular formula is C15H21NO4S. The Morgan fingerprint density at radius 2 is 2.14 bits per heavy atom. The molecule has 0 spiro atoms. The van der Waals surface area contributed by atoms with Gasteiger partial charge in [-0.1, -0.05) is 12.1 Å². The quantitative estimate of drug-likeness (QED) is 0.913. The van der Waals surface area contributed by atoms with Crippen LogP contribution in [-0.4, -0.2) is 37.5 Å². The summed E-state index contributed by atoms with van der Waals surface area (Å²) in [5.41, 5.74) is 0.356. The lowest BCUT2D eigenvalue weighted by molar-refractivity contribution is -0.128. The number of hydrogen-bond donors (Lipinski definition) is 1. The van der Waals surface area contributed by atoms with Crippen LogP contribution in [0, 0.1) is 6.92 Å². The minimum Gasteiger partial charge on any atom is -0.481 e. The third-order valence-electron chi connectivity index (χ3n) is 3.60. The number of ether oxygens (including phenoxy) is 1. The maximum absolute atomic E-state index is 12.2. The van der Waals surface area contributed by atoms with Gasteiger partial charge in [-0.25, -0.2) is 8.42 Å². The molecule has 1 saturated heterocycles. The molecule has 2 atom stereocenters. The van der Waals surface area contributed by atoms with Crippen molar-refractivity contribution in [3.8, 4) is 5.75 Å². The number of nitrogens with one attached hydrogen (secondary N) is 1. The molecule has 0 aliphatic carbocycles. The molecule has 0 aromatic heterocycles. The van der Waals surface area contributed by atoms with E-state index in [9.17, 15) is 13.2 Å². The number of carbonyl (C=O) groups is 1. The zero-order valence-corrected chi connectivity index (χ0v) is 13.4. The smallest absolute Gasteiger partial charge is 0.261 e. The van der Waals surface area contributed by atoms with Crippen LogP contribution in [0.1, 0.15) is 25.8 Å². The highest BCUT2D eigenvalue weighted by Gasteiger charge is 2.40. The van der Waals surface area contributed by atoms with E-state index in [0.717, 1.165) is 5.56 Å². The van der Waals surface area contributed by atoms with E-state index in [1.165, 1.54) is 0 Å². The van der Waals surface area contributed by atoms with Crippen LogP contribution in [0.2, 0.25) is 0 Å². The summed E-state index contributed by atoms with van der Waals surface area (Å²) in [6.45, 7) is 5.36. The van der Waals surface area contributed by atoms with Gasteiger partial charge in [-0.15, -0.1) is 0 Å². The third kappa shape index (κ3) is 4.20. The van der Waals surface area contributed by atoms with Crippen molar-refractivity contribution in [2.45, 2.75) is 38.8 Å². The van der Waals surface area contributed by atoms with E-state index in [2.05, 4.69) is 5.32 Å². The lowest BCUT2D eigenvalue weighted by atomic mass is 10.0. The highest BCUT2D eigenvalue weighted by Crippen LogP contribution is 2.23. The lowest BCUT2D eigenvalue weighted by Gasteiger charge is -2.26. The van der Waals surface area contributed by atoms with E-state index >= 15 is 0 Å². The Kier molecular flexibility index (Phi) is 4.27. The fourth-order valence-electron chi connectivity index (χ4n) is 2.45. The molecule has 21 heavy (non-hydrogen) atoms. The monoisotopic (exact) mass is 311 g/mol. The van der Waals surface area contributed by atoms with Gasteiger partial charge in [-0.3, -0.25) is 4.79 Å². The molecule has 5 nitrogen and oxygen atoms in total. The molecule has 0 radical (unpaired) electrons. The summed E-state index contributed by atoms with van der Waals surface area (Å²) < 4.78 is 28.7. The first-order valence-electron chi connectivity index (χ1n) is 6.95. The van der Waals surface area contributed by atoms with Crippen molar-refractivity contribution in [1.82, 2.24) is 5.32 Å². The number of sulfone groups is 1. The summed E-state index contributed by atoms with van der Waals surface area (Å²) >= 11 is 0. The Labute approximate surface area is 125 Å². The van der Waals surface area contributed by atoms with Gasteiger partial charge >= 0.3 is 0 Å². The second-order valence-corrected chi connectivity index (χ2v) is 8.15. The summed E-state index contributed by atoms with van der Waals surface area (Å²) in [7, 11) is -3.05. The molecule has 1 heterocycles. The van der Waals surface area contributed by atoms with Gasteiger partial charge in [0.15, 0.2) is 15.9 Å². The zero-order valence-electron chi connectivity index (χ0n) is 12.5. The van der Waals surface area contributed by atoms with E-state index < -0.39 is 21.5 Å². The van der Waals surface area contributed by atoms with Gasteiger partial charge in [-0.2, -0.15) is 0 Å². The Hall–Kier alpha value is -1.56. The molecule has 1 aromatic rings. The van der Waals surface area contributed by atoms with Crippen LogP contribution in [0.4, 0.5) is 0 Å². The summed E-state index contributed by atoms with van der Waals surface area (Å²) in [6.07, 6.45) is -0.231. The average Bonchev–Trinajstić information content (AvgIpc) is 2.63. The Bertz CT molecular complexity index is 641. The van der Waals surface area contributed by atoms with Crippen LogP contribution in [0.3, 0.4) is 0 Å². The second-order valence-electron chi connectivity index (χ2n) is 5.97. The molecule has 1 aliphatic rings. The first-order valence-corrected chi connectivity index (χ1v) is 8.77. The third-order valence-corrected chi connectivity index (χ3v) is 5.50. The van der Waals surface area contributed by atoms with Gasteiger partial charge in [0, 0.05) is 0 Å².